The highest BCUT2D eigenvalue weighted by atomic mass is 16.5. The first-order valence-corrected chi connectivity index (χ1v) is 10.6. The largest absolute Gasteiger partial charge is 0.497 e. The first-order chi connectivity index (χ1) is 15.7. The van der Waals surface area contributed by atoms with E-state index in [-0.39, 0.29) is 11.8 Å². The summed E-state index contributed by atoms with van der Waals surface area (Å²) < 4.78 is 11.3. The Labute approximate surface area is 188 Å². The molecule has 0 saturated carbocycles. The van der Waals surface area contributed by atoms with Crippen LogP contribution in [0, 0.1) is 0 Å². The maximum atomic E-state index is 13.4. The highest BCUT2D eigenvalue weighted by molar-refractivity contribution is 5.94. The molecule has 1 aliphatic heterocycles. The van der Waals surface area contributed by atoms with E-state index >= 15 is 0 Å². The topological polar surface area (TPSA) is 59.1 Å². The lowest BCUT2D eigenvalue weighted by molar-refractivity contribution is -0.140. The molecule has 1 fully saturated rings. The highest BCUT2D eigenvalue weighted by Crippen LogP contribution is 2.25. The number of ether oxygens (including phenoxy) is 2. The fourth-order valence-corrected chi connectivity index (χ4v) is 3.74. The molecule has 6 heteroatoms. The van der Waals surface area contributed by atoms with E-state index in [0.717, 1.165) is 5.56 Å². The Kier molecular flexibility index (Phi) is 6.70. The number of rotatable bonds is 6. The summed E-state index contributed by atoms with van der Waals surface area (Å²) in [7, 11) is 1.59. The lowest BCUT2D eigenvalue weighted by Crippen LogP contribution is -2.52. The van der Waals surface area contributed by atoms with E-state index in [0.29, 0.717) is 43.2 Å². The lowest BCUT2D eigenvalue weighted by Gasteiger charge is -2.36. The molecular formula is C26H26N2O4. The Morgan fingerprint density at radius 2 is 1.28 bits per heavy atom. The maximum Gasteiger partial charge on any atom is 0.268 e. The second-order valence-corrected chi connectivity index (χ2v) is 7.57. The van der Waals surface area contributed by atoms with Gasteiger partial charge < -0.3 is 19.3 Å². The lowest BCUT2D eigenvalue weighted by atomic mass is 10.1. The molecular weight excluding hydrogens is 404 g/mol. The van der Waals surface area contributed by atoms with Gasteiger partial charge in [0.05, 0.1) is 7.11 Å². The molecule has 3 aromatic carbocycles. The van der Waals surface area contributed by atoms with Crippen molar-refractivity contribution in [3.05, 3.63) is 96.1 Å². The van der Waals surface area contributed by atoms with Crippen molar-refractivity contribution in [1.29, 1.82) is 0 Å². The maximum absolute atomic E-state index is 13.4. The van der Waals surface area contributed by atoms with Gasteiger partial charge >= 0.3 is 0 Å². The molecule has 6 nitrogen and oxygen atoms in total. The molecule has 32 heavy (non-hydrogen) atoms. The molecule has 1 atom stereocenters. The van der Waals surface area contributed by atoms with Crippen molar-refractivity contribution in [3.63, 3.8) is 0 Å². The Bertz CT molecular complexity index is 1030. The summed E-state index contributed by atoms with van der Waals surface area (Å²) in [5.41, 5.74) is 1.42. The van der Waals surface area contributed by atoms with Gasteiger partial charge in [0.15, 0.2) is 0 Å². The Balaban J connectivity index is 1.43. The smallest absolute Gasteiger partial charge is 0.268 e. The van der Waals surface area contributed by atoms with Gasteiger partial charge in [-0.2, -0.15) is 0 Å². The number of nitrogens with zero attached hydrogens (tertiary/aromatic N) is 2. The number of para-hydroxylation sites is 1. The second-order valence-electron chi connectivity index (χ2n) is 7.57. The van der Waals surface area contributed by atoms with E-state index in [1.54, 1.807) is 41.2 Å². The van der Waals surface area contributed by atoms with E-state index in [1.807, 2.05) is 60.7 Å². The third kappa shape index (κ3) is 4.91. The quantitative estimate of drug-likeness (QED) is 0.597. The summed E-state index contributed by atoms with van der Waals surface area (Å²) in [5, 5.41) is 0. The average Bonchev–Trinajstić information content (AvgIpc) is 2.88. The van der Waals surface area contributed by atoms with Crippen LogP contribution in [0.5, 0.6) is 11.5 Å². The van der Waals surface area contributed by atoms with Crippen LogP contribution in [0.15, 0.2) is 84.9 Å². The summed E-state index contributed by atoms with van der Waals surface area (Å²) in [6, 6.07) is 25.9. The SMILES string of the molecule is COc1ccc(C(=O)N2CCN(C(=O)C(Oc3ccccc3)c3ccccc3)CC2)cc1. The second kappa shape index (κ2) is 10.0. The summed E-state index contributed by atoms with van der Waals surface area (Å²) in [6.45, 7) is 1.87. The van der Waals surface area contributed by atoms with Gasteiger partial charge in [-0.3, -0.25) is 9.59 Å². The van der Waals surface area contributed by atoms with E-state index < -0.39 is 6.10 Å². The molecule has 3 aromatic rings. The van der Waals surface area contributed by atoms with Crippen molar-refractivity contribution in [2.45, 2.75) is 6.10 Å². The molecule has 0 aromatic heterocycles. The van der Waals surface area contributed by atoms with E-state index in [9.17, 15) is 9.59 Å². The van der Waals surface area contributed by atoms with Crippen LogP contribution in [-0.2, 0) is 4.79 Å². The molecule has 0 aliphatic carbocycles. The van der Waals surface area contributed by atoms with Crippen LogP contribution in [0.2, 0.25) is 0 Å². The molecule has 164 valence electrons. The minimum absolute atomic E-state index is 0.0418. The van der Waals surface area contributed by atoms with Gasteiger partial charge in [0, 0.05) is 37.3 Å². The molecule has 0 bridgehead atoms. The van der Waals surface area contributed by atoms with Crippen molar-refractivity contribution in [3.8, 4) is 11.5 Å². The number of hydrogen-bond acceptors (Lipinski definition) is 4. The minimum Gasteiger partial charge on any atom is -0.497 e. The number of benzene rings is 3. The molecule has 4 rings (SSSR count). The monoisotopic (exact) mass is 430 g/mol. The van der Waals surface area contributed by atoms with Gasteiger partial charge in [-0.1, -0.05) is 48.5 Å². The Morgan fingerprint density at radius 1 is 0.719 bits per heavy atom. The predicted molar refractivity (Wildman–Crippen MR) is 122 cm³/mol. The number of carbonyl (C=O) groups excluding carboxylic acids is 2. The van der Waals surface area contributed by atoms with Gasteiger partial charge in [-0.05, 0) is 36.4 Å². The van der Waals surface area contributed by atoms with Gasteiger partial charge in [0.2, 0.25) is 6.10 Å². The first kappa shape index (κ1) is 21.4. The molecule has 0 radical (unpaired) electrons. The number of hydrogen-bond donors (Lipinski definition) is 0. The van der Waals surface area contributed by atoms with Crippen LogP contribution in [-0.4, -0.2) is 54.9 Å². The van der Waals surface area contributed by atoms with Crippen molar-refractivity contribution in [1.82, 2.24) is 9.80 Å². The van der Waals surface area contributed by atoms with Crippen LogP contribution in [0.25, 0.3) is 0 Å². The molecule has 1 saturated heterocycles. The van der Waals surface area contributed by atoms with E-state index in [4.69, 9.17) is 9.47 Å². The Morgan fingerprint density at radius 3 is 1.88 bits per heavy atom. The fraction of sp³-hybridized carbons (Fsp3) is 0.231. The third-order valence-electron chi connectivity index (χ3n) is 5.54. The van der Waals surface area contributed by atoms with Gasteiger partial charge in [-0.25, -0.2) is 0 Å². The van der Waals surface area contributed by atoms with E-state index in [2.05, 4.69) is 0 Å². The van der Waals surface area contributed by atoms with Gasteiger partial charge in [0.1, 0.15) is 11.5 Å². The summed E-state index contributed by atoms with van der Waals surface area (Å²) >= 11 is 0. The molecule has 0 spiro atoms. The van der Waals surface area contributed by atoms with Crippen LogP contribution >= 0.6 is 0 Å². The number of methoxy groups -OCH3 is 1. The van der Waals surface area contributed by atoms with Crippen LogP contribution in [0.3, 0.4) is 0 Å². The van der Waals surface area contributed by atoms with Crippen molar-refractivity contribution < 1.29 is 19.1 Å². The van der Waals surface area contributed by atoms with Crippen molar-refractivity contribution in [2.75, 3.05) is 33.3 Å². The van der Waals surface area contributed by atoms with E-state index in [1.165, 1.54) is 0 Å². The zero-order valence-electron chi connectivity index (χ0n) is 18.0. The minimum atomic E-state index is -0.734. The number of carbonyl (C=O) groups is 2. The molecule has 1 aliphatic rings. The average molecular weight is 431 g/mol. The van der Waals surface area contributed by atoms with Crippen molar-refractivity contribution >= 4 is 11.8 Å². The van der Waals surface area contributed by atoms with Gasteiger partial charge in [-0.15, -0.1) is 0 Å². The van der Waals surface area contributed by atoms with Crippen LogP contribution < -0.4 is 9.47 Å². The summed E-state index contributed by atoms with van der Waals surface area (Å²) in [6.07, 6.45) is -0.734. The summed E-state index contributed by atoms with van der Waals surface area (Å²) in [5.74, 6) is 1.21. The van der Waals surface area contributed by atoms with Gasteiger partial charge in [0.25, 0.3) is 11.8 Å². The standard InChI is InChI=1S/C26H26N2O4/c1-31-22-14-12-21(13-15-22)25(29)27-16-18-28(19-17-27)26(30)24(20-8-4-2-5-9-20)32-23-10-6-3-7-11-23/h2-15,24H,16-19H2,1H3. The normalized spacial score (nSPS) is 14.5. The summed E-state index contributed by atoms with van der Waals surface area (Å²) in [4.78, 5) is 29.8. The molecule has 0 N–H and O–H groups in total. The molecule has 1 heterocycles. The zero-order valence-corrected chi connectivity index (χ0v) is 18.0. The highest BCUT2D eigenvalue weighted by Gasteiger charge is 2.31. The Hall–Kier alpha value is -3.80. The number of amides is 2. The zero-order chi connectivity index (χ0) is 22.3. The first-order valence-electron chi connectivity index (χ1n) is 10.6. The number of piperazine rings is 1. The van der Waals surface area contributed by atoms with Crippen molar-refractivity contribution in [2.24, 2.45) is 0 Å². The molecule has 1 unspecified atom stereocenters. The third-order valence-corrected chi connectivity index (χ3v) is 5.54. The van der Waals surface area contributed by atoms with Crippen LogP contribution in [0.4, 0.5) is 0 Å². The van der Waals surface area contributed by atoms with Crippen LogP contribution in [0.1, 0.15) is 22.0 Å². The predicted octanol–water partition coefficient (Wildman–Crippen LogP) is 3.80. The molecule has 2 amide bonds. The fourth-order valence-electron chi connectivity index (χ4n) is 3.74.